The molecule has 0 bridgehead atoms. The fraction of sp³-hybridized carbons (Fsp3) is 0.333. The average molecular weight is 389 g/mol. The van der Waals surface area contributed by atoms with Crippen LogP contribution < -0.4 is 5.32 Å². The van der Waals surface area contributed by atoms with Crippen molar-refractivity contribution < 1.29 is 19.4 Å². The number of hydrogen-bond donors (Lipinski definition) is 2. The van der Waals surface area contributed by atoms with Crippen molar-refractivity contribution in [3.05, 3.63) is 46.5 Å². The van der Waals surface area contributed by atoms with Gasteiger partial charge in [-0.1, -0.05) is 45.7 Å². The molecule has 2 rings (SSSR count). The van der Waals surface area contributed by atoms with Gasteiger partial charge in [-0.2, -0.15) is 0 Å². The van der Waals surface area contributed by atoms with E-state index in [9.17, 15) is 14.7 Å². The van der Waals surface area contributed by atoms with Gasteiger partial charge in [-0.25, -0.2) is 0 Å². The van der Waals surface area contributed by atoms with Crippen LogP contribution in [-0.2, 0) is 19.9 Å². The predicted octanol–water partition coefficient (Wildman–Crippen LogP) is 3.17. The van der Waals surface area contributed by atoms with Crippen molar-refractivity contribution in [3.8, 4) is 0 Å². The molecule has 5 nitrogen and oxygen atoms in total. The van der Waals surface area contributed by atoms with Crippen LogP contribution in [0.1, 0.15) is 25.3 Å². The number of Topliss-reactive ketones (excluding diaryl/α,β-unsaturated/α-hetero) is 1. The van der Waals surface area contributed by atoms with Gasteiger partial charge in [-0.15, -0.1) is 0 Å². The number of ketones is 1. The number of aliphatic hydroxyl groups excluding tert-OH is 1. The van der Waals surface area contributed by atoms with Crippen molar-refractivity contribution in [1.82, 2.24) is 5.32 Å². The Balaban J connectivity index is 2.22. The lowest BCUT2D eigenvalue weighted by Crippen LogP contribution is -2.32. The molecule has 1 atom stereocenters. The summed E-state index contributed by atoms with van der Waals surface area (Å²) >= 11 is 9.33. The smallest absolute Gasteiger partial charge is 0.250 e. The SMILES string of the molecule is CC1(c2ccccc2Cl)OC(NC(=O)CCCBr)=C(O)C1=O. The molecule has 1 aliphatic heterocycles. The maximum Gasteiger partial charge on any atom is 0.250 e. The van der Waals surface area contributed by atoms with Gasteiger partial charge in [0.25, 0.3) is 5.78 Å². The Morgan fingerprint density at radius 3 is 2.77 bits per heavy atom. The molecule has 0 radical (unpaired) electrons. The molecule has 1 aliphatic rings. The summed E-state index contributed by atoms with van der Waals surface area (Å²) in [7, 11) is 0. The van der Waals surface area contributed by atoms with Crippen LogP contribution in [0.3, 0.4) is 0 Å². The molecule has 0 saturated carbocycles. The van der Waals surface area contributed by atoms with E-state index in [1.54, 1.807) is 24.3 Å². The van der Waals surface area contributed by atoms with E-state index in [-0.39, 0.29) is 18.2 Å². The second-order valence-corrected chi connectivity index (χ2v) is 6.16. The molecule has 1 aromatic carbocycles. The summed E-state index contributed by atoms with van der Waals surface area (Å²) in [5.74, 6) is -1.81. The monoisotopic (exact) mass is 387 g/mol. The first-order valence-electron chi connectivity index (χ1n) is 6.68. The molecule has 1 amide bonds. The van der Waals surface area contributed by atoms with Crippen LogP contribution in [0.15, 0.2) is 35.9 Å². The molecule has 22 heavy (non-hydrogen) atoms. The molecular formula is C15H15BrClNO4. The lowest BCUT2D eigenvalue weighted by atomic mass is 9.91. The molecule has 0 fully saturated rings. The van der Waals surface area contributed by atoms with E-state index in [1.165, 1.54) is 6.92 Å². The van der Waals surface area contributed by atoms with Crippen LogP contribution in [0.5, 0.6) is 0 Å². The quantitative estimate of drug-likeness (QED) is 0.760. The number of alkyl halides is 1. The summed E-state index contributed by atoms with van der Waals surface area (Å²) in [6.45, 7) is 1.50. The second kappa shape index (κ2) is 6.71. The van der Waals surface area contributed by atoms with Crippen LogP contribution in [0.25, 0.3) is 0 Å². The van der Waals surface area contributed by atoms with Gasteiger partial charge in [0.1, 0.15) is 0 Å². The Morgan fingerprint density at radius 2 is 2.14 bits per heavy atom. The third kappa shape index (κ3) is 3.13. The fourth-order valence-corrected chi connectivity index (χ4v) is 2.75. The number of halogens is 2. The van der Waals surface area contributed by atoms with Crippen molar-refractivity contribution in [2.24, 2.45) is 0 Å². The summed E-state index contributed by atoms with van der Waals surface area (Å²) in [4.78, 5) is 24.1. The molecule has 0 saturated heterocycles. The minimum atomic E-state index is -1.46. The van der Waals surface area contributed by atoms with Crippen LogP contribution in [0.4, 0.5) is 0 Å². The van der Waals surface area contributed by atoms with Gasteiger partial charge in [0.2, 0.25) is 23.2 Å². The maximum absolute atomic E-state index is 12.3. The van der Waals surface area contributed by atoms with E-state index < -0.39 is 17.1 Å². The van der Waals surface area contributed by atoms with E-state index in [4.69, 9.17) is 16.3 Å². The Hall–Kier alpha value is -1.53. The van der Waals surface area contributed by atoms with Gasteiger partial charge >= 0.3 is 0 Å². The number of nitrogens with one attached hydrogen (secondary N) is 1. The van der Waals surface area contributed by atoms with E-state index in [0.29, 0.717) is 22.3 Å². The number of hydrogen-bond acceptors (Lipinski definition) is 4. The number of carbonyl (C=O) groups excluding carboxylic acids is 2. The Bertz CT molecular complexity index is 646. The fourth-order valence-electron chi connectivity index (χ4n) is 2.15. The summed E-state index contributed by atoms with van der Waals surface area (Å²) in [6, 6.07) is 6.71. The van der Waals surface area contributed by atoms with Crippen LogP contribution in [0, 0.1) is 0 Å². The van der Waals surface area contributed by atoms with Gasteiger partial charge in [0.05, 0.1) is 0 Å². The molecule has 118 valence electrons. The number of benzene rings is 1. The van der Waals surface area contributed by atoms with Crippen molar-refractivity contribution in [1.29, 1.82) is 0 Å². The maximum atomic E-state index is 12.3. The van der Waals surface area contributed by atoms with Crippen molar-refractivity contribution in [2.45, 2.75) is 25.4 Å². The predicted molar refractivity (Wildman–Crippen MR) is 85.7 cm³/mol. The Kier molecular flexibility index (Phi) is 5.13. The highest BCUT2D eigenvalue weighted by Gasteiger charge is 2.49. The largest absolute Gasteiger partial charge is 0.501 e. The first-order chi connectivity index (χ1) is 10.4. The molecule has 0 spiro atoms. The molecule has 1 unspecified atom stereocenters. The standard InChI is InChI=1S/C15H15BrClNO4/c1-15(9-5-2-3-6-10(9)17)13(21)12(20)14(22-15)18-11(19)7-4-8-16/h2-3,5-6,20H,4,7-8H2,1H3,(H,18,19). The van der Waals surface area contributed by atoms with Crippen molar-refractivity contribution >= 4 is 39.2 Å². The van der Waals surface area contributed by atoms with E-state index >= 15 is 0 Å². The van der Waals surface area contributed by atoms with Gasteiger partial charge in [0, 0.05) is 22.3 Å². The molecule has 0 aliphatic carbocycles. The summed E-state index contributed by atoms with van der Waals surface area (Å²) < 4.78 is 5.54. The number of aliphatic hydroxyl groups is 1. The van der Waals surface area contributed by atoms with Crippen molar-refractivity contribution in [2.75, 3.05) is 5.33 Å². The number of rotatable bonds is 5. The zero-order chi connectivity index (χ0) is 16.3. The molecule has 1 aromatic rings. The summed E-state index contributed by atoms with van der Waals surface area (Å²) in [5, 5.41) is 13.4. The Labute approximate surface area is 141 Å². The third-order valence-electron chi connectivity index (χ3n) is 3.35. The van der Waals surface area contributed by atoms with Crippen molar-refractivity contribution in [3.63, 3.8) is 0 Å². The summed E-state index contributed by atoms with van der Waals surface area (Å²) in [5.41, 5.74) is -1.03. The van der Waals surface area contributed by atoms with Gasteiger partial charge in [-0.05, 0) is 19.4 Å². The zero-order valence-corrected chi connectivity index (χ0v) is 14.2. The normalized spacial score (nSPS) is 21.0. The minimum Gasteiger partial charge on any atom is -0.501 e. The molecular weight excluding hydrogens is 374 g/mol. The molecule has 0 aromatic heterocycles. The highest BCUT2D eigenvalue weighted by atomic mass is 79.9. The number of amides is 1. The molecule has 2 N–H and O–H groups in total. The van der Waals surface area contributed by atoms with Gasteiger partial charge < -0.3 is 9.84 Å². The molecule has 7 heteroatoms. The number of ether oxygens (including phenoxy) is 1. The first kappa shape index (κ1) is 16.8. The number of carbonyl (C=O) groups is 2. The van der Waals surface area contributed by atoms with Gasteiger partial charge in [0.15, 0.2) is 0 Å². The minimum absolute atomic E-state index is 0.230. The van der Waals surface area contributed by atoms with E-state index in [2.05, 4.69) is 21.2 Å². The average Bonchev–Trinajstić information content (AvgIpc) is 2.70. The topological polar surface area (TPSA) is 75.6 Å². The van der Waals surface area contributed by atoms with Crippen LogP contribution in [-0.4, -0.2) is 22.1 Å². The lowest BCUT2D eigenvalue weighted by molar-refractivity contribution is -0.133. The highest BCUT2D eigenvalue weighted by molar-refractivity contribution is 9.09. The van der Waals surface area contributed by atoms with Gasteiger partial charge in [-0.3, -0.25) is 14.9 Å². The van der Waals surface area contributed by atoms with E-state index in [1.807, 2.05) is 0 Å². The summed E-state index contributed by atoms with van der Waals surface area (Å²) in [6.07, 6.45) is 0.887. The molecule has 1 heterocycles. The zero-order valence-electron chi connectivity index (χ0n) is 11.9. The Morgan fingerprint density at radius 1 is 1.45 bits per heavy atom. The lowest BCUT2D eigenvalue weighted by Gasteiger charge is -2.24. The van der Waals surface area contributed by atoms with Crippen LogP contribution >= 0.6 is 27.5 Å². The highest BCUT2D eigenvalue weighted by Crippen LogP contribution is 2.39. The second-order valence-electron chi connectivity index (χ2n) is 4.96. The third-order valence-corrected chi connectivity index (χ3v) is 4.24. The first-order valence-corrected chi connectivity index (χ1v) is 8.18. The van der Waals surface area contributed by atoms with Crippen LogP contribution in [0.2, 0.25) is 5.02 Å². The van der Waals surface area contributed by atoms with E-state index in [0.717, 1.165) is 0 Å².